The molecule has 0 saturated carbocycles. The molecule has 0 heterocycles. The normalized spacial score (nSPS) is 10.3. The number of rotatable bonds is 7. The Morgan fingerprint density at radius 2 is 1.06 bits per heavy atom. The van der Waals surface area contributed by atoms with Crippen LogP contribution in [0.1, 0.15) is 41.0 Å². The van der Waals surface area contributed by atoms with E-state index >= 15 is 0 Å². The van der Waals surface area contributed by atoms with Crippen molar-refractivity contribution in [2.45, 2.75) is 41.0 Å². The van der Waals surface area contributed by atoms with E-state index in [4.69, 9.17) is 0 Å². The minimum absolute atomic E-state index is 0. The first-order valence-electron chi connectivity index (χ1n) is 5.89. The van der Waals surface area contributed by atoms with Crippen molar-refractivity contribution < 1.29 is 42.9 Å². The van der Waals surface area contributed by atoms with Gasteiger partial charge in [-0.15, -0.1) is 0 Å². The van der Waals surface area contributed by atoms with Gasteiger partial charge in [-0.05, 0) is 6.42 Å². The highest BCUT2D eigenvalue weighted by atomic mass is 79.9. The third-order valence-corrected chi connectivity index (χ3v) is 2.71. The van der Waals surface area contributed by atoms with Gasteiger partial charge >= 0.3 is 0 Å². The van der Waals surface area contributed by atoms with Crippen molar-refractivity contribution in [1.82, 2.24) is 0 Å². The van der Waals surface area contributed by atoms with E-state index in [1.807, 2.05) is 0 Å². The maximum atomic E-state index is 2.35. The number of hydrogen-bond acceptors (Lipinski definition) is 0. The first kappa shape index (κ1) is 31.3. The molecule has 0 aliphatic heterocycles. The lowest BCUT2D eigenvalue weighted by atomic mass is 10.2. The topological polar surface area (TPSA) is 0 Å². The molecule has 0 aliphatic rings. The van der Waals surface area contributed by atoms with Crippen LogP contribution in [-0.2, 0) is 0 Å². The number of halogens is 2. The zero-order valence-corrected chi connectivity index (χ0v) is 15.1. The second-order valence-corrected chi connectivity index (χ2v) is 6.10. The van der Waals surface area contributed by atoms with E-state index in [1.54, 1.807) is 0 Å². The van der Waals surface area contributed by atoms with Crippen LogP contribution < -0.4 is 34.0 Å². The van der Waals surface area contributed by atoms with Crippen molar-refractivity contribution in [1.29, 1.82) is 0 Å². The van der Waals surface area contributed by atoms with Crippen LogP contribution in [0.3, 0.4) is 0 Å². The summed E-state index contributed by atoms with van der Waals surface area (Å²) in [6.07, 6.45) is 4.01. The van der Waals surface area contributed by atoms with Crippen molar-refractivity contribution >= 4 is 0 Å². The molecule has 0 radical (unpaired) electrons. The third kappa shape index (κ3) is 22.1. The zero-order valence-electron chi connectivity index (χ0n) is 11.9. The number of unbranched alkanes of at least 4 members (excludes halogenated alkanes) is 1. The molecule has 0 bridgehead atoms. The molecule has 0 aromatic heterocycles. The fraction of sp³-hybridized carbons (Fsp3) is 1.00. The van der Waals surface area contributed by atoms with Crippen LogP contribution in [0, 0.1) is 0 Å². The first-order valence-corrected chi connectivity index (χ1v) is 5.89. The average molecular weight is 394 g/mol. The van der Waals surface area contributed by atoms with Crippen molar-refractivity contribution in [2.24, 2.45) is 0 Å². The molecule has 0 N–H and O–H groups in total. The van der Waals surface area contributed by atoms with Gasteiger partial charge in [-0.1, -0.05) is 28.2 Å². The standard InChI is InChI=1S/C12H30N2.2CH4.2BrH/c1-7-8-11-14(5,6)12-9-10-13(2,3)4;;;;/h7-12H2,1-6H3;2*1H4;2*1H/q+2;;;;/p-2. The van der Waals surface area contributed by atoms with Crippen molar-refractivity contribution in [2.75, 3.05) is 54.9 Å². The van der Waals surface area contributed by atoms with E-state index < -0.39 is 0 Å². The second kappa shape index (κ2) is 14.3. The van der Waals surface area contributed by atoms with Crippen LogP contribution in [0.4, 0.5) is 0 Å². The second-order valence-electron chi connectivity index (χ2n) is 6.10. The van der Waals surface area contributed by atoms with E-state index in [2.05, 4.69) is 42.2 Å². The van der Waals surface area contributed by atoms with Crippen LogP contribution in [0.15, 0.2) is 0 Å². The monoisotopic (exact) mass is 392 g/mol. The molecule has 4 heteroatoms. The molecule has 0 rings (SSSR count). The summed E-state index contributed by atoms with van der Waals surface area (Å²) in [5.74, 6) is 0. The molecule has 0 fully saturated rings. The molecular weight excluding hydrogens is 356 g/mol. The Labute approximate surface area is 138 Å². The van der Waals surface area contributed by atoms with Gasteiger partial charge in [-0.25, -0.2) is 0 Å². The molecule has 0 unspecified atom stereocenters. The third-order valence-electron chi connectivity index (χ3n) is 2.71. The Morgan fingerprint density at radius 3 is 1.39 bits per heavy atom. The smallest absolute Gasteiger partial charge is 0.0836 e. The van der Waals surface area contributed by atoms with Gasteiger partial charge in [0.05, 0.1) is 54.9 Å². The highest BCUT2D eigenvalue weighted by Gasteiger charge is 2.16. The summed E-state index contributed by atoms with van der Waals surface area (Å²) < 4.78 is 2.28. The number of hydrogen-bond donors (Lipinski definition) is 0. The molecule has 0 aliphatic carbocycles. The van der Waals surface area contributed by atoms with Crippen LogP contribution >= 0.6 is 0 Å². The highest BCUT2D eigenvalue weighted by molar-refractivity contribution is 4.39. The summed E-state index contributed by atoms with van der Waals surface area (Å²) in [5.41, 5.74) is 0. The van der Waals surface area contributed by atoms with Crippen LogP contribution in [0.2, 0.25) is 0 Å². The largest absolute Gasteiger partial charge is 1.00 e. The summed E-state index contributed by atoms with van der Waals surface area (Å²) in [6, 6.07) is 0. The molecule has 18 heavy (non-hydrogen) atoms. The lowest BCUT2D eigenvalue weighted by Crippen LogP contribution is -3.00. The predicted molar refractivity (Wildman–Crippen MR) is 77.7 cm³/mol. The Balaban J connectivity index is -0.000000141. The molecule has 0 aromatic carbocycles. The molecule has 118 valence electrons. The van der Waals surface area contributed by atoms with Gasteiger partial charge in [0.1, 0.15) is 0 Å². The van der Waals surface area contributed by atoms with E-state index in [-0.39, 0.29) is 48.8 Å². The summed E-state index contributed by atoms with van der Waals surface area (Å²) in [7, 11) is 11.5. The Hall–Kier alpha value is 0.880. The van der Waals surface area contributed by atoms with Gasteiger partial charge in [0.2, 0.25) is 0 Å². The van der Waals surface area contributed by atoms with E-state index in [9.17, 15) is 0 Å². The number of nitrogens with zero attached hydrogens (tertiary/aromatic N) is 2. The van der Waals surface area contributed by atoms with E-state index in [0.29, 0.717) is 0 Å². The number of quaternary nitrogens is 2. The van der Waals surface area contributed by atoms with Crippen molar-refractivity contribution in [3.05, 3.63) is 0 Å². The molecular formula is C14H38Br2N2. The van der Waals surface area contributed by atoms with Gasteiger partial charge < -0.3 is 42.9 Å². The van der Waals surface area contributed by atoms with Gasteiger partial charge in [0.15, 0.2) is 0 Å². The van der Waals surface area contributed by atoms with Crippen molar-refractivity contribution in [3.63, 3.8) is 0 Å². The SMILES string of the molecule is C.C.CCCC[N+](C)(C)CCC[N+](C)(C)C.[Br-].[Br-]. The molecule has 0 saturated heterocycles. The maximum Gasteiger partial charge on any atom is 0.0836 e. The summed E-state index contributed by atoms with van der Waals surface area (Å²) in [5, 5.41) is 0. The van der Waals surface area contributed by atoms with Gasteiger partial charge in [-0.3, -0.25) is 0 Å². The van der Waals surface area contributed by atoms with Gasteiger partial charge in [-0.2, -0.15) is 0 Å². The summed E-state index contributed by atoms with van der Waals surface area (Å²) >= 11 is 0. The van der Waals surface area contributed by atoms with Crippen LogP contribution in [0.5, 0.6) is 0 Å². The zero-order chi connectivity index (χ0) is 11.2. The summed E-state index contributed by atoms with van der Waals surface area (Å²) in [6.45, 7) is 6.20. The predicted octanol–water partition coefficient (Wildman–Crippen LogP) is -2.76. The van der Waals surface area contributed by atoms with Crippen LogP contribution in [-0.4, -0.2) is 63.8 Å². The molecule has 0 aromatic rings. The van der Waals surface area contributed by atoms with E-state index in [0.717, 1.165) is 4.48 Å². The Bertz CT molecular complexity index is 154. The highest BCUT2D eigenvalue weighted by Crippen LogP contribution is 2.04. The Morgan fingerprint density at radius 1 is 0.667 bits per heavy atom. The Kier molecular flexibility index (Phi) is 24.9. The summed E-state index contributed by atoms with van der Waals surface area (Å²) in [4.78, 5) is 0. The lowest BCUT2D eigenvalue weighted by molar-refractivity contribution is -0.902. The fourth-order valence-corrected chi connectivity index (χ4v) is 1.67. The minimum Gasteiger partial charge on any atom is -1.00 e. The molecule has 0 amide bonds. The minimum atomic E-state index is 0. The van der Waals surface area contributed by atoms with E-state index in [1.165, 1.54) is 43.4 Å². The lowest BCUT2D eigenvalue weighted by Gasteiger charge is -2.31. The van der Waals surface area contributed by atoms with Gasteiger partial charge in [0, 0.05) is 6.42 Å². The molecule has 2 nitrogen and oxygen atoms in total. The maximum absolute atomic E-state index is 2.35. The van der Waals surface area contributed by atoms with Crippen LogP contribution in [0.25, 0.3) is 0 Å². The molecule has 0 atom stereocenters. The van der Waals surface area contributed by atoms with Gasteiger partial charge in [0.25, 0.3) is 0 Å². The average Bonchev–Trinajstić information content (AvgIpc) is 1.98. The molecule has 0 spiro atoms. The fourth-order valence-electron chi connectivity index (χ4n) is 1.67. The van der Waals surface area contributed by atoms with Crippen molar-refractivity contribution in [3.8, 4) is 0 Å². The first-order chi connectivity index (χ1) is 6.27. The quantitative estimate of drug-likeness (QED) is 0.411.